The van der Waals surface area contributed by atoms with Crippen molar-refractivity contribution >= 4 is 13.9 Å². The van der Waals surface area contributed by atoms with Crippen molar-refractivity contribution in [3.63, 3.8) is 0 Å². The maximum absolute atomic E-state index is 14.7. The van der Waals surface area contributed by atoms with Gasteiger partial charge in [0.25, 0.3) is 0 Å². The van der Waals surface area contributed by atoms with E-state index in [4.69, 9.17) is 4.74 Å². The van der Waals surface area contributed by atoms with Gasteiger partial charge in [0.05, 0.1) is 0 Å². The Hall–Kier alpha value is -2.18. The topological polar surface area (TPSA) is 9.23 Å². The molecule has 30 heavy (non-hydrogen) atoms. The van der Waals surface area contributed by atoms with Crippen molar-refractivity contribution in [2.45, 2.75) is 59.2 Å². The van der Waals surface area contributed by atoms with E-state index in [1.807, 2.05) is 37.3 Å². The van der Waals surface area contributed by atoms with E-state index in [0.717, 1.165) is 40.6 Å². The van der Waals surface area contributed by atoms with Gasteiger partial charge in [-0.3, -0.25) is 0 Å². The molecular formula is C27H32FOP. The molecule has 0 bridgehead atoms. The van der Waals surface area contributed by atoms with Crippen LogP contribution < -0.4 is 10.0 Å². The molecule has 0 heterocycles. The molecule has 3 aromatic rings. The Bertz CT molecular complexity index is 999. The van der Waals surface area contributed by atoms with Gasteiger partial charge in [0.1, 0.15) is 18.2 Å². The Labute approximate surface area is 182 Å². The standard InChI is InChI=1S/C27H32FOP/c1-6-14-27(5,30-25-13-12-19(2)17-24(25)28)23-16-20(3)15-21(4)26(23)29-18-22-10-8-7-9-11-22/h7-13,15-17,30H,6,14,18H2,1-5H3. The van der Waals surface area contributed by atoms with Gasteiger partial charge in [-0.2, -0.15) is 0 Å². The van der Waals surface area contributed by atoms with Crippen LogP contribution in [0.2, 0.25) is 0 Å². The van der Waals surface area contributed by atoms with Crippen LogP contribution >= 0.6 is 8.58 Å². The number of rotatable bonds is 8. The Morgan fingerprint density at radius 3 is 2.33 bits per heavy atom. The molecule has 0 saturated carbocycles. The van der Waals surface area contributed by atoms with Crippen molar-refractivity contribution in [3.05, 3.63) is 94.3 Å². The third kappa shape index (κ3) is 5.29. The van der Waals surface area contributed by atoms with Crippen molar-refractivity contribution in [1.82, 2.24) is 0 Å². The Balaban J connectivity index is 2.02. The van der Waals surface area contributed by atoms with Crippen LogP contribution in [0.15, 0.2) is 60.7 Å². The first-order valence-corrected chi connectivity index (χ1v) is 11.6. The van der Waals surface area contributed by atoms with Crippen molar-refractivity contribution in [2.24, 2.45) is 0 Å². The predicted molar refractivity (Wildman–Crippen MR) is 128 cm³/mol. The summed E-state index contributed by atoms with van der Waals surface area (Å²) in [5, 5.41) is 0.609. The summed E-state index contributed by atoms with van der Waals surface area (Å²) < 4.78 is 21.1. The van der Waals surface area contributed by atoms with Gasteiger partial charge in [-0.25, -0.2) is 4.39 Å². The van der Waals surface area contributed by atoms with E-state index >= 15 is 0 Å². The largest absolute Gasteiger partial charge is 0.488 e. The summed E-state index contributed by atoms with van der Waals surface area (Å²) in [7, 11) is 0.333. The molecule has 0 radical (unpaired) electrons. The number of ether oxygens (including phenoxy) is 1. The second-order valence-corrected chi connectivity index (χ2v) is 10.3. The summed E-state index contributed by atoms with van der Waals surface area (Å²) in [5.41, 5.74) is 5.64. The summed E-state index contributed by atoms with van der Waals surface area (Å²) in [4.78, 5) is 0. The summed E-state index contributed by atoms with van der Waals surface area (Å²) in [6.07, 6.45) is 2.01. The first-order valence-electron chi connectivity index (χ1n) is 10.6. The van der Waals surface area contributed by atoms with Crippen LogP contribution in [0.25, 0.3) is 0 Å². The summed E-state index contributed by atoms with van der Waals surface area (Å²) in [5.74, 6) is 0.840. The van der Waals surface area contributed by atoms with E-state index in [9.17, 15) is 4.39 Å². The van der Waals surface area contributed by atoms with Gasteiger partial charge in [-0.1, -0.05) is 89.0 Å². The molecule has 0 aromatic heterocycles. The lowest BCUT2D eigenvalue weighted by Crippen LogP contribution is -2.22. The minimum Gasteiger partial charge on any atom is -0.488 e. The van der Waals surface area contributed by atoms with Crippen LogP contribution in [0.1, 0.15) is 54.5 Å². The third-order valence-electron chi connectivity index (χ3n) is 5.52. The fourth-order valence-electron chi connectivity index (χ4n) is 4.07. The zero-order chi connectivity index (χ0) is 21.7. The van der Waals surface area contributed by atoms with Crippen LogP contribution in [-0.4, -0.2) is 0 Å². The van der Waals surface area contributed by atoms with Crippen molar-refractivity contribution in [1.29, 1.82) is 0 Å². The molecule has 0 aliphatic heterocycles. The molecule has 2 atom stereocenters. The quantitative estimate of drug-likeness (QED) is 0.345. The van der Waals surface area contributed by atoms with Crippen molar-refractivity contribution in [2.75, 3.05) is 0 Å². The minimum absolute atomic E-state index is 0.105. The van der Waals surface area contributed by atoms with Crippen molar-refractivity contribution in [3.8, 4) is 5.75 Å². The molecule has 0 N–H and O–H groups in total. The molecule has 0 saturated heterocycles. The van der Waals surface area contributed by atoms with Crippen LogP contribution in [0.4, 0.5) is 4.39 Å². The van der Waals surface area contributed by atoms with E-state index in [1.54, 1.807) is 6.07 Å². The average molecular weight is 423 g/mol. The molecule has 158 valence electrons. The highest BCUT2D eigenvalue weighted by atomic mass is 31.1. The minimum atomic E-state index is -0.187. The second-order valence-electron chi connectivity index (χ2n) is 8.42. The maximum atomic E-state index is 14.7. The number of hydrogen-bond donors (Lipinski definition) is 0. The smallest absolute Gasteiger partial charge is 0.130 e. The van der Waals surface area contributed by atoms with Gasteiger partial charge in [0.2, 0.25) is 0 Å². The van der Waals surface area contributed by atoms with E-state index in [0.29, 0.717) is 15.2 Å². The second kappa shape index (κ2) is 9.75. The lowest BCUT2D eigenvalue weighted by molar-refractivity contribution is 0.297. The van der Waals surface area contributed by atoms with Crippen LogP contribution in [0.5, 0.6) is 5.75 Å². The van der Waals surface area contributed by atoms with Gasteiger partial charge in [-0.05, 0) is 49.9 Å². The fraction of sp³-hybridized carbons (Fsp3) is 0.333. The number of halogens is 1. The van der Waals surface area contributed by atoms with Crippen LogP contribution in [0.3, 0.4) is 0 Å². The Kier molecular flexibility index (Phi) is 7.32. The molecule has 0 aliphatic carbocycles. The zero-order valence-electron chi connectivity index (χ0n) is 18.7. The molecule has 0 fully saturated rings. The SMILES string of the molecule is CCCC(C)(Pc1ccc(C)cc1F)c1cc(C)cc(C)c1OCc1ccccc1. The molecule has 2 unspecified atom stereocenters. The highest BCUT2D eigenvalue weighted by Crippen LogP contribution is 2.49. The Morgan fingerprint density at radius 2 is 1.67 bits per heavy atom. The molecule has 1 nitrogen and oxygen atoms in total. The zero-order valence-corrected chi connectivity index (χ0v) is 19.7. The van der Waals surface area contributed by atoms with Gasteiger partial charge in [0.15, 0.2) is 0 Å². The molecule has 3 heteroatoms. The molecular weight excluding hydrogens is 390 g/mol. The normalized spacial score (nSPS) is 13.5. The third-order valence-corrected chi connectivity index (χ3v) is 7.27. The number of aryl methyl sites for hydroxylation is 3. The van der Waals surface area contributed by atoms with Gasteiger partial charge in [-0.15, -0.1) is 0 Å². The fourth-order valence-corrected chi connectivity index (χ4v) is 5.72. The molecule has 0 aliphatic rings. The first-order chi connectivity index (χ1) is 14.3. The van der Waals surface area contributed by atoms with E-state index in [-0.39, 0.29) is 11.0 Å². The highest BCUT2D eigenvalue weighted by Gasteiger charge is 2.31. The van der Waals surface area contributed by atoms with Crippen LogP contribution in [-0.2, 0) is 11.8 Å². The summed E-state index contributed by atoms with van der Waals surface area (Å²) in [6.45, 7) is 11.2. The lowest BCUT2D eigenvalue weighted by atomic mass is 9.91. The summed E-state index contributed by atoms with van der Waals surface area (Å²) in [6, 6.07) is 20.2. The predicted octanol–water partition coefficient (Wildman–Crippen LogP) is 7.35. The van der Waals surface area contributed by atoms with E-state index in [1.165, 1.54) is 11.1 Å². The maximum Gasteiger partial charge on any atom is 0.130 e. The van der Waals surface area contributed by atoms with Crippen molar-refractivity contribution < 1.29 is 9.13 Å². The molecule has 0 spiro atoms. The van der Waals surface area contributed by atoms with E-state index in [2.05, 4.69) is 52.0 Å². The van der Waals surface area contributed by atoms with Gasteiger partial charge in [0, 0.05) is 16.0 Å². The molecule has 3 rings (SSSR count). The number of hydrogen-bond acceptors (Lipinski definition) is 1. The summed E-state index contributed by atoms with van der Waals surface area (Å²) >= 11 is 0. The monoisotopic (exact) mass is 422 g/mol. The van der Waals surface area contributed by atoms with Crippen LogP contribution in [0, 0.1) is 26.6 Å². The average Bonchev–Trinajstić information content (AvgIpc) is 2.70. The van der Waals surface area contributed by atoms with E-state index < -0.39 is 0 Å². The molecule has 3 aromatic carbocycles. The lowest BCUT2D eigenvalue weighted by Gasteiger charge is -2.33. The van der Waals surface area contributed by atoms with Gasteiger partial charge < -0.3 is 4.74 Å². The Morgan fingerprint density at radius 1 is 0.933 bits per heavy atom. The highest BCUT2D eigenvalue weighted by molar-refractivity contribution is 7.48. The van der Waals surface area contributed by atoms with Gasteiger partial charge >= 0.3 is 0 Å². The molecule has 0 amide bonds. The number of benzene rings is 3. The first kappa shape index (κ1) is 22.5.